The summed E-state index contributed by atoms with van der Waals surface area (Å²) < 4.78 is 0. The highest BCUT2D eigenvalue weighted by Crippen LogP contribution is 2.21. The number of rotatable bonds is 8. The SMILES string of the molecule is O=CNC(CCSCc1ccccc1Cl)C(=O)O. The predicted octanol–water partition coefficient (Wildman–Crippen LogP) is 2.16. The molecule has 1 aromatic rings. The van der Waals surface area contributed by atoms with Gasteiger partial charge in [-0.2, -0.15) is 11.8 Å². The maximum Gasteiger partial charge on any atom is 0.326 e. The van der Waals surface area contributed by atoms with Gasteiger partial charge < -0.3 is 10.4 Å². The van der Waals surface area contributed by atoms with Crippen molar-refractivity contribution in [3.8, 4) is 0 Å². The van der Waals surface area contributed by atoms with E-state index in [1.807, 2.05) is 24.3 Å². The van der Waals surface area contributed by atoms with E-state index in [0.29, 0.717) is 23.6 Å². The van der Waals surface area contributed by atoms with Crippen LogP contribution in [0.4, 0.5) is 0 Å². The lowest BCUT2D eigenvalue weighted by atomic mass is 10.2. The van der Waals surface area contributed by atoms with E-state index in [-0.39, 0.29) is 0 Å². The molecule has 0 aliphatic rings. The minimum Gasteiger partial charge on any atom is -0.480 e. The topological polar surface area (TPSA) is 66.4 Å². The molecule has 0 aromatic heterocycles. The number of carbonyl (C=O) groups excluding carboxylic acids is 1. The fraction of sp³-hybridized carbons (Fsp3) is 0.333. The maximum atomic E-state index is 10.8. The summed E-state index contributed by atoms with van der Waals surface area (Å²) >= 11 is 7.59. The molecule has 0 heterocycles. The van der Waals surface area contributed by atoms with Gasteiger partial charge in [-0.25, -0.2) is 4.79 Å². The van der Waals surface area contributed by atoms with Crippen LogP contribution in [0.1, 0.15) is 12.0 Å². The highest BCUT2D eigenvalue weighted by Gasteiger charge is 2.15. The molecule has 1 amide bonds. The van der Waals surface area contributed by atoms with Crippen LogP contribution in [-0.2, 0) is 15.3 Å². The molecule has 1 atom stereocenters. The van der Waals surface area contributed by atoms with Crippen LogP contribution in [0.3, 0.4) is 0 Å². The number of hydrogen-bond acceptors (Lipinski definition) is 3. The Hall–Kier alpha value is -1.20. The van der Waals surface area contributed by atoms with Crippen molar-refractivity contribution in [1.82, 2.24) is 5.32 Å². The van der Waals surface area contributed by atoms with Crippen molar-refractivity contribution >= 4 is 35.7 Å². The molecule has 0 spiro atoms. The first-order valence-electron chi connectivity index (χ1n) is 5.38. The maximum absolute atomic E-state index is 10.8. The Bertz CT molecular complexity index is 414. The van der Waals surface area contributed by atoms with E-state index in [9.17, 15) is 9.59 Å². The van der Waals surface area contributed by atoms with Gasteiger partial charge in [-0.1, -0.05) is 29.8 Å². The molecule has 0 saturated carbocycles. The number of nitrogens with one attached hydrogen (secondary N) is 1. The van der Waals surface area contributed by atoms with Gasteiger partial charge in [0.05, 0.1) is 0 Å². The summed E-state index contributed by atoms with van der Waals surface area (Å²) in [6.45, 7) is 0. The largest absolute Gasteiger partial charge is 0.480 e. The van der Waals surface area contributed by atoms with Crippen molar-refractivity contribution < 1.29 is 14.7 Å². The van der Waals surface area contributed by atoms with Crippen molar-refractivity contribution in [2.24, 2.45) is 0 Å². The number of amides is 1. The summed E-state index contributed by atoms with van der Waals surface area (Å²) in [5, 5.41) is 11.8. The van der Waals surface area contributed by atoms with E-state index < -0.39 is 12.0 Å². The summed E-state index contributed by atoms with van der Waals surface area (Å²) in [7, 11) is 0. The Morgan fingerprint density at radius 3 is 2.83 bits per heavy atom. The zero-order chi connectivity index (χ0) is 13.4. The molecule has 0 saturated heterocycles. The summed E-state index contributed by atoms with van der Waals surface area (Å²) in [5.41, 5.74) is 1.03. The van der Waals surface area contributed by atoms with Gasteiger partial charge in [0, 0.05) is 10.8 Å². The third kappa shape index (κ3) is 4.98. The van der Waals surface area contributed by atoms with Gasteiger partial charge in [-0.3, -0.25) is 4.79 Å². The van der Waals surface area contributed by atoms with Crippen LogP contribution < -0.4 is 5.32 Å². The number of benzene rings is 1. The average molecular weight is 288 g/mol. The summed E-state index contributed by atoms with van der Waals surface area (Å²) in [4.78, 5) is 21.0. The van der Waals surface area contributed by atoms with Gasteiger partial charge in [0.1, 0.15) is 6.04 Å². The monoisotopic (exact) mass is 287 g/mol. The van der Waals surface area contributed by atoms with Crippen LogP contribution in [0.5, 0.6) is 0 Å². The molecule has 0 bridgehead atoms. The molecular formula is C12H14ClNO3S. The lowest BCUT2D eigenvalue weighted by Crippen LogP contribution is -2.36. The molecular weight excluding hydrogens is 274 g/mol. The van der Waals surface area contributed by atoms with Crippen LogP contribution in [-0.4, -0.2) is 29.3 Å². The zero-order valence-electron chi connectivity index (χ0n) is 9.64. The predicted molar refractivity (Wildman–Crippen MR) is 72.9 cm³/mol. The van der Waals surface area contributed by atoms with E-state index in [4.69, 9.17) is 16.7 Å². The van der Waals surface area contributed by atoms with Crippen LogP contribution in [0.15, 0.2) is 24.3 Å². The second kappa shape index (κ2) is 8.00. The molecule has 0 fully saturated rings. The van der Waals surface area contributed by atoms with Gasteiger partial charge in [-0.15, -0.1) is 0 Å². The second-order valence-electron chi connectivity index (χ2n) is 3.61. The van der Waals surface area contributed by atoms with Crippen LogP contribution in [0.25, 0.3) is 0 Å². The molecule has 1 unspecified atom stereocenters. The third-order valence-electron chi connectivity index (χ3n) is 2.33. The molecule has 0 aliphatic heterocycles. The molecule has 18 heavy (non-hydrogen) atoms. The third-order valence-corrected chi connectivity index (χ3v) is 3.74. The first-order valence-corrected chi connectivity index (χ1v) is 6.92. The molecule has 98 valence electrons. The highest BCUT2D eigenvalue weighted by molar-refractivity contribution is 7.98. The fourth-order valence-electron chi connectivity index (χ4n) is 1.36. The van der Waals surface area contributed by atoms with Gasteiger partial charge in [0.15, 0.2) is 0 Å². The minimum absolute atomic E-state index is 0.392. The average Bonchev–Trinajstić information content (AvgIpc) is 2.35. The van der Waals surface area contributed by atoms with E-state index in [1.165, 1.54) is 0 Å². The number of thioether (sulfide) groups is 1. The number of carbonyl (C=O) groups is 2. The van der Waals surface area contributed by atoms with Crippen molar-refractivity contribution in [3.05, 3.63) is 34.9 Å². The van der Waals surface area contributed by atoms with Crippen LogP contribution >= 0.6 is 23.4 Å². The number of aliphatic carboxylic acids is 1. The number of carboxylic acid groups (broad SMARTS) is 1. The smallest absolute Gasteiger partial charge is 0.326 e. The number of carboxylic acids is 1. The lowest BCUT2D eigenvalue weighted by molar-refractivity contribution is -0.140. The van der Waals surface area contributed by atoms with Gasteiger partial charge in [-0.05, 0) is 23.8 Å². The second-order valence-corrected chi connectivity index (χ2v) is 5.12. The Labute approximate surface area is 115 Å². The molecule has 1 rings (SSSR count). The van der Waals surface area contributed by atoms with Crippen molar-refractivity contribution in [2.45, 2.75) is 18.2 Å². The van der Waals surface area contributed by atoms with E-state index >= 15 is 0 Å². The number of halogens is 1. The van der Waals surface area contributed by atoms with Crippen molar-refractivity contribution in [3.63, 3.8) is 0 Å². The van der Waals surface area contributed by atoms with Crippen molar-refractivity contribution in [2.75, 3.05) is 5.75 Å². The van der Waals surface area contributed by atoms with Crippen LogP contribution in [0, 0.1) is 0 Å². The Kier molecular flexibility index (Phi) is 6.60. The zero-order valence-corrected chi connectivity index (χ0v) is 11.2. The molecule has 1 aromatic carbocycles. The first-order chi connectivity index (χ1) is 8.65. The molecule has 0 radical (unpaired) electrons. The van der Waals surface area contributed by atoms with E-state index in [0.717, 1.165) is 11.3 Å². The van der Waals surface area contributed by atoms with Crippen molar-refractivity contribution in [1.29, 1.82) is 0 Å². The summed E-state index contributed by atoms with van der Waals surface area (Å²) in [6.07, 6.45) is 0.806. The quantitative estimate of drug-likeness (QED) is 0.568. The Morgan fingerprint density at radius 1 is 1.50 bits per heavy atom. The van der Waals surface area contributed by atoms with E-state index in [2.05, 4.69) is 5.32 Å². The van der Waals surface area contributed by atoms with Crippen LogP contribution in [0.2, 0.25) is 5.02 Å². The molecule has 6 heteroatoms. The van der Waals surface area contributed by atoms with E-state index in [1.54, 1.807) is 11.8 Å². The molecule has 0 aliphatic carbocycles. The van der Waals surface area contributed by atoms with Gasteiger partial charge in [0.25, 0.3) is 0 Å². The summed E-state index contributed by atoms with van der Waals surface area (Å²) in [6, 6.07) is 6.72. The lowest BCUT2D eigenvalue weighted by Gasteiger charge is -2.10. The van der Waals surface area contributed by atoms with Gasteiger partial charge in [0.2, 0.25) is 6.41 Å². The summed E-state index contributed by atoms with van der Waals surface area (Å²) in [5.74, 6) is 0.358. The highest BCUT2D eigenvalue weighted by atomic mass is 35.5. The Balaban J connectivity index is 2.32. The van der Waals surface area contributed by atoms with Gasteiger partial charge >= 0.3 is 5.97 Å². The molecule has 4 nitrogen and oxygen atoms in total. The molecule has 2 N–H and O–H groups in total. The normalized spacial score (nSPS) is 11.8. The minimum atomic E-state index is -1.01. The number of hydrogen-bond donors (Lipinski definition) is 2. The first kappa shape index (κ1) is 14.9. The Morgan fingerprint density at radius 2 is 2.22 bits per heavy atom. The fourth-order valence-corrected chi connectivity index (χ4v) is 2.66. The standard InChI is InChI=1S/C12H14ClNO3S/c13-10-4-2-1-3-9(10)7-18-6-5-11(12(16)17)14-8-15/h1-4,8,11H,5-7H2,(H,14,15)(H,16,17).